The molecule has 0 unspecified atom stereocenters. The molecule has 1 aromatic rings. The highest BCUT2D eigenvalue weighted by atomic mass is 16.3. The largest absolute Gasteiger partial charge is 0.388 e. The normalized spacial score (nSPS) is 17.2. The molecule has 1 aliphatic carbocycles. The number of nitrogens with one attached hydrogen (secondary N) is 2. The molecule has 0 aliphatic heterocycles. The fraction of sp³-hybridized carbons (Fsp3) is 0.533. The van der Waals surface area contributed by atoms with E-state index >= 15 is 0 Å². The molecule has 0 spiro atoms. The Morgan fingerprint density at radius 3 is 2.47 bits per heavy atom. The third-order valence-electron chi connectivity index (χ3n) is 3.69. The minimum atomic E-state index is -0.693. The Morgan fingerprint density at radius 1 is 1.21 bits per heavy atom. The zero-order valence-corrected chi connectivity index (χ0v) is 11.4. The van der Waals surface area contributed by atoms with Crippen LogP contribution in [0.25, 0.3) is 0 Å². The maximum absolute atomic E-state index is 11.6. The van der Waals surface area contributed by atoms with Gasteiger partial charge in [-0.2, -0.15) is 0 Å². The Bertz CT molecular complexity index is 422. The predicted molar refractivity (Wildman–Crippen MR) is 74.8 cm³/mol. The number of aryl methyl sites for hydroxylation is 1. The minimum Gasteiger partial charge on any atom is -0.388 e. The van der Waals surface area contributed by atoms with E-state index in [1.807, 2.05) is 31.2 Å². The zero-order chi connectivity index (χ0) is 13.7. The number of rotatable bonds is 4. The van der Waals surface area contributed by atoms with Crippen LogP contribution in [0.2, 0.25) is 0 Å². The summed E-state index contributed by atoms with van der Waals surface area (Å²) >= 11 is 0. The fourth-order valence-electron chi connectivity index (χ4n) is 2.41. The molecule has 2 rings (SSSR count). The van der Waals surface area contributed by atoms with E-state index in [0.717, 1.165) is 31.2 Å². The summed E-state index contributed by atoms with van der Waals surface area (Å²) in [6.07, 6.45) is 3.66. The second-order valence-electron chi connectivity index (χ2n) is 5.45. The molecule has 1 aromatic carbocycles. The molecule has 0 heterocycles. The number of hydrogen-bond acceptors (Lipinski definition) is 2. The van der Waals surface area contributed by atoms with Crippen LogP contribution in [0.15, 0.2) is 24.3 Å². The van der Waals surface area contributed by atoms with Crippen molar-refractivity contribution in [3.8, 4) is 0 Å². The van der Waals surface area contributed by atoms with Crippen LogP contribution < -0.4 is 10.6 Å². The van der Waals surface area contributed by atoms with Crippen molar-refractivity contribution in [1.29, 1.82) is 0 Å². The first-order valence-electron chi connectivity index (χ1n) is 6.87. The summed E-state index contributed by atoms with van der Waals surface area (Å²) < 4.78 is 0. The van der Waals surface area contributed by atoms with Crippen LogP contribution in [0.1, 0.15) is 36.8 Å². The predicted octanol–water partition coefficient (Wildman–Crippen LogP) is 2.10. The van der Waals surface area contributed by atoms with E-state index in [4.69, 9.17) is 0 Å². The highest BCUT2D eigenvalue weighted by molar-refractivity contribution is 5.73. The van der Waals surface area contributed by atoms with Crippen molar-refractivity contribution in [1.82, 2.24) is 10.6 Å². The van der Waals surface area contributed by atoms with Crippen LogP contribution in [-0.4, -0.2) is 23.3 Å². The molecular weight excluding hydrogens is 240 g/mol. The van der Waals surface area contributed by atoms with E-state index in [2.05, 4.69) is 10.6 Å². The lowest BCUT2D eigenvalue weighted by molar-refractivity contribution is 0.0501. The summed E-state index contributed by atoms with van der Waals surface area (Å²) in [5.41, 5.74) is 1.58. The lowest BCUT2D eigenvalue weighted by Crippen LogP contribution is -2.44. The molecular formula is C15H22N2O2. The molecule has 19 heavy (non-hydrogen) atoms. The Morgan fingerprint density at radius 2 is 1.84 bits per heavy atom. The Balaban J connectivity index is 1.71. The average molecular weight is 262 g/mol. The van der Waals surface area contributed by atoms with E-state index in [-0.39, 0.29) is 6.03 Å². The Kier molecular flexibility index (Phi) is 4.43. The molecule has 1 fully saturated rings. The Hall–Kier alpha value is -1.55. The summed E-state index contributed by atoms with van der Waals surface area (Å²) in [6.45, 7) is 2.88. The highest BCUT2D eigenvalue weighted by Crippen LogP contribution is 2.28. The van der Waals surface area contributed by atoms with Gasteiger partial charge in [0.15, 0.2) is 0 Å². The Labute approximate surface area is 114 Å². The van der Waals surface area contributed by atoms with Gasteiger partial charge in [0, 0.05) is 13.1 Å². The van der Waals surface area contributed by atoms with Crippen LogP contribution in [0, 0.1) is 6.92 Å². The molecule has 0 aromatic heterocycles. The van der Waals surface area contributed by atoms with E-state index in [1.54, 1.807) is 0 Å². The van der Waals surface area contributed by atoms with Gasteiger partial charge >= 0.3 is 6.03 Å². The molecule has 104 valence electrons. The molecule has 2 amide bonds. The number of carbonyl (C=O) groups excluding carboxylic acids is 1. The number of carbonyl (C=O) groups is 1. The standard InChI is InChI=1S/C15H22N2O2/c1-12-4-6-13(7-5-12)10-16-14(18)17-11-15(19)8-2-3-9-15/h4-7,19H,2-3,8-11H2,1H3,(H2,16,17,18). The van der Waals surface area contributed by atoms with Crippen molar-refractivity contribution in [3.05, 3.63) is 35.4 Å². The zero-order valence-electron chi connectivity index (χ0n) is 11.4. The van der Waals surface area contributed by atoms with Crippen LogP contribution in [0.3, 0.4) is 0 Å². The third-order valence-corrected chi connectivity index (χ3v) is 3.69. The molecule has 0 radical (unpaired) electrons. The molecule has 1 aliphatic rings. The molecule has 3 N–H and O–H groups in total. The van der Waals surface area contributed by atoms with Gasteiger partial charge in [-0.3, -0.25) is 0 Å². The van der Waals surface area contributed by atoms with Gasteiger partial charge in [0.2, 0.25) is 0 Å². The van der Waals surface area contributed by atoms with Gasteiger partial charge in [0.25, 0.3) is 0 Å². The molecule has 0 atom stereocenters. The van der Waals surface area contributed by atoms with Gasteiger partial charge in [-0.1, -0.05) is 42.7 Å². The van der Waals surface area contributed by atoms with Crippen molar-refractivity contribution in [2.75, 3.05) is 6.54 Å². The molecule has 1 saturated carbocycles. The van der Waals surface area contributed by atoms with Crippen LogP contribution in [0.5, 0.6) is 0 Å². The second-order valence-corrected chi connectivity index (χ2v) is 5.45. The van der Waals surface area contributed by atoms with Crippen molar-refractivity contribution < 1.29 is 9.90 Å². The van der Waals surface area contributed by atoms with Crippen molar-refractivity contribution >= 4 is 6.03 Å². The first-order chi connectivity index (χ1) is 9.07. The van der Waals surface area contributed by atoms with Crippen molar-refractivity contribution in [2.24, 2.45) is 0 Å². The topological polar surface area (TPSA) is 61.4 Å². The van der Waals surface area contributed by atoms with Crippen LogP contribution >= 0.6 is 0 Å². The van der Waals surface area contributed by atoms with Crippen molar-refractivity contribution in [3.63, 3.8) is 0 Å². The number of urea groups is 1. The molecule has 4 nitrogen and oxygen atoms in total. The number of hydrogen-bond donors (Lipinski definition) is 3. The average Bonchev–Trinajstić information content (AvgIpc) is 2.83. The fourth-order valence-corrected chi connectivity index (χ4v) is 2.41. The minimum absolute atomic E-state index is 0.221. The van der Waals surface area contributed by atoms with Gasteiger partial charge in [-0.25, -0.2) is 4.79 Å². The first-order valence-corrected chi connectivity index (χ1v) is 6.87. The van der Waals surface area contributed by atoms with Gasteiger partial charge < -0.3 is 15.7 Å². The van der Waals surface area contributed by atoms with Crippen molar-refractivity contribution in [2.45, 2.75) is 44.8 Å². The van der Waals surface area contributed by atoms with E-state index in [1.165, 1.54) is 5.56 Å². The first kappa shape index (κ1) is 13.9. The van der Waals surface area contributed by atoms with Gasteiger partial charge in [0.1, 0.15) is 0 Å². The van der Waals surface area contributed by atoms with Gasteiger partial charge in [-0.05, 0) is 25.3 Å². The molecule has 0 bridgehead atoms. The van der Waals surface area contributed by atoms with E-state index < -0.39 is 5.60 Å². The smallest absolute Gasteiger partial charge is 0.315 e. The van der Waals surface area contributed by atoms with Crippen LogP contribution in [-0.2, 0) is 6.54 Å². The van der Waals surface area contributed by atoms with Crippen LogP contribution in [0.4, 0.5) is 4.79 Å². The summed E-state index contributed by atoms with van der Waals surface area (Å²) in [6, 6.07) is 7.83. The van der Waals surface area contributed by atoms with Gasteiger partial charge in [-0.15, -0.1) is 0 Å². The SMILES string of the molecule is Cc1ccc(CNC(=O)NCC2(O)CCCC2)cc1. The summed E-state index contributed by atoms with van der Waals surface area (Å²) in [5.74, 6) is 0. The van der Waals surface area contributed by atoms with E-state index in [0.29, 0.717) is 13.1 Å². The lowest BCUT2D eigenvalue weighted by Gasteiger charge is -2.22. The van der Waals surface area contributed by atoms with E-state index in [9.17, 15) is 9.90 Å². The quantitative estimate of drug-likeness (QED) is 0.778. The number of benzene rings is 1. The second kappa shape index (κ2) is 6.06. The number of amides is 2. The highest BCUT2D eigenvalue weighted by Gasteiger charge is 2.31. The maximum Gasteiger partial charge on any atom is 0.315 e. The molecule has 4 heteroatoms. The molecule has 0 saturated heterocycles. The summed E-state index contributed by atoms with van der Waals surface area (Å²) in [5, 5.41) is 15.7. The number of aliphatic hydroxyl groups is 1. The third kappa shape index (κ3) is 4.24. The maximum atomic E-state index is 11.6. The lowest BCUT2D eigenvalue weighted by atomic mass is 10.0. The summed E-state index contributed by atoms with van der Waals surface area (Å²) in [7, 11) is 0. The summed E-state index contributed by atoms with van der Waals surface area (Å²) in [4.78, 5) is 11.6. The van der Waals surface area contributed by atoms with Gasteiger partial charge in [0.05, 0.1) is 5.60 Å². The monoisotopic (exact) mass is 262 g/mol.